The molecule has 0 atom stereocenters. The number of fused-ring (bicyclic) bond motifs is 2. The van der Waals surface area contributed by atoms with Gasteiger partial charge in [0.2, 0.25) is 5.91 Å². The molecule has 0 aliphatic carbocycles. The van der Waals surface area contributed by atoms with E-state index in [0.29, 0.717) is 55.2 Å². The number of hydrogen-bond acceptors (Lipinski definition) is 6. The number of carbonyl (C=O) groups is 4. The van der Waals surface area contributed by atoms with Crippen LogP contribution in [0.2, 0.25) is 0 Å². The first kappa shape index (κ1) is 31.7. The molecule has 236 valence electrons. The van der Waals surface area contributed by atoms with Crippen LogP contribution in [0.3, 0.4) is 0 Å². The summed E-state index contributed by atoms with van der Waals surface area (Å²) in [6.07, 6.45) is 4.10. The molecule has 2 heterocycles. The molecule has 0 fully saturated rings. The van der Waals surface area contributed by atoms with E-state index in [-0.39, 0.29) is 36.3 Å². The van der Waals surface area contributed by atoms with Crippen LogP contribution in [0.4, 0.5) is 11.4 Å². The van der Waals surface area contributed by atoms with E-state index < -0.39 is 0 Å². The van der Waals surface area contributed by atoms with E-state index in [1.165, 1.54) is 0 Å². The maximum atomic E-state index is 13.4. The van der Waals surface area contributed by atoms with Gasteiger partial charge in [-0.1, -0.05) is 24.6 Å². The highest BCUT2D eigenvalue weighted by Crippen LogP contribution is 2.30. The molecule has 0 saturated carbocycles. The molecule has 10 heteroatoms. The van der Waals surface area contributed by atoms with Crippen molar-refractivity contribution in [1.29, 1.82) is 0 Å². The summed E-state index contributed by atoms with van der Waals surface area (Å²) in [6, 6.07) is 18.0. The van der Waals surface area contributed by atoms with Crippen LogP contribution in [-0.2, 0) is 29.1 Å². The van der Waals surface area contributed by atoms with E-state index in [9.17, 15) is 19.2 Å². The van der Waals surface area contributed by atoms with Crippen LogP contribution in [0.1, 0.15) is 76.9 Å². The van der Waals surface area contributed by atoms with E-state index in [1.54, 1.807) is 35.2 Å². The second-order valence-corrected chi connectivity index (χ2v) is 11.9. The minimum atomic E-state index is -0.226. The van der Waals surface area contributed by atoms with Crippen molar-refractivity contribution in [3.8, 4) is 5.75 Å². The average Bonchev–Trinajstić information content (AvgIpc) is 3.04. The summed E-state index contributed by atoms with van der Waals surface area (Å²) >= 11 is 0. The Morgan fingerprint density at radius 2 is 1.76 bits per heavy atom. The van der Waals surface area contributed by atoms with Gasteiger partial charge in [0, 0.05) is 48.9 Å². The Morgan fingerprint density at radius 3 is 2.51 bits per heavy atom. The first-order valence-electron chi connectivity index (χ1n) is 15.6. The smallest absolute Gasteiger partial charge is 0.262 e. The minimum absolute atomic E-state index is 0.0762. The third kappa shape index (κ3) is 7.88. The molecule has 4 amide bonds. The summed E-state index contributed by atoms with van der Waals surface area (Å²) in [7, 11) is 0. The molecule has 0 radical (unpaired) electrons. The Bertz CT molecular complexity index is 1570. The van der Waals surface area contributed by atoms with Crippen LogP contribution in [0.5, 0.6) is 5.75 Å². The lowest BCUT2D eigenvalue weighted by molar-refractivity contribution is -0.132. The van der Waals surface area contributed by atoms with Gasteiger partial charge >= 0.3 is 0 Å². The van der Waals surface area contributed by atoms with Crippen molar-refractivity contribution in [1.82, 2.24) is 9.80 Å². The zero-order valence-corrected chi connectivity index (χ0v) is 25.9. The summed E-state index contributed by atoms with van der Waals surface area (Å²) in [5.41, 5.74) is 10.9. The fourth-order valence-electron chi connectivity index (χ4n) is 5.62. The topological polar surface area (TPSA) is 134 Å². The van der Waals surface area contributed by atoms with Gasteiger partial charge in [-0.2, -0.15) is 0 Å². The molecular formula is C35H41N5O5. The average molecular weight is 612 g/mol. The van der Waals surface area contributed by atoms with Crippen molar-refractivity contribution in [2.75, 3.05) is 30.3 Å². The largest absolute Gasteiger partial charge is 0.482 e. The molecule has 0 aromatic heterocycles. The number of nitrogens with zero attached hydrogens (tertiary/aromatic N) is 2. The lowest BCUT2D eigenvalue weighted by Gasteiger charge is -2.29. The van der Waals surface area contributed by atoms with Gasteiger partial charge < -0.3 is 30.9 Å². The Morgan fingerprint density at radius 1 is 0.978 bits per heavy atom. The van der Waals surface area contributed by atoms with Crippen LogP contribution in [-0.4, -0.2) is 59.2 Å². The number of unbranched alkanes of at least 4 members (excludes halogenated alkanes) is 2. The van der Waals surface area contributed by atoms with Crippen molar-refractivity contribution in [2.24, 2.45) is 5.73 Å². The number of amides is 4. The number of nitrogens with one attached hydrogen (secondary N) is 2. The molecule has 45 heavy (non-hydrogen) atoms. The highest BCUT2D eigenvalue weighted by atomic mass is 16.5. The molecule has 3 aromatic carbocycles. The van der Waals surface area contributed by atoms with E-state index in [0.717, 1.165) is 48.1 Å². The molecule has 0 spiro atoms. The number of carbonyl (C=O) groups excluding carboxylic acids is 4. The van der Waals surface area contributed by atoms with Crippen molar-refractivity contribution in [3.05, 3.63) is 88.5 Å². The van der Waals surface area contributed by atoms with Crippen LogP contribution < -0.4 is 21.1 Å². The molecule has 4 N–H and O–H groups in total. The van der Waals surface area contributed by atoms with E-state index in [2.05, 4.69) is 10.6 Å². The Kier molecular flexibility index (Phi) is 10.1. The monoisotopic (exact) mass is 611 g/mol. The Hall–Kier alpha value is -4.70. The molecule has 0 bridgehead atoms. The summed E-state index contributed by atoms with van der Waals surface area (Å²) in [5.74, 6) is 0.0579. The molecule has 2 aliphatic heterocycles. The van der Waals surface area contributed by atoms with Gasteiger partial charge in [-0.25, -0.2) is 0 Å². The molecule has 3 aromatic rings. The fraction of sp³-hybridized carbons (Fsp3) is 0.371. The van der Waals surface area contributed by atoms with E-state index >= 15 is 0 Å². The van der Waals surface area contributed by atoms with Gasteiger partial charge in [0.1, 0.15) is 5.75 Å². The summed E-state index contributed by atoms with van der Waals surface area (Å²) in [6.45, 7) is 6.12. The standard InChI is InChI=1S/C35H41N5O5/c1-23(2)40(35(44)27-12-14-30-31(19-27)45-22-32(41)38-30)20-24-7-9-25(10-8-24)34(43)37-29-13-11-28-21-39(17-15-26(28)18-29)33(42)6-4-3-5-16-36/h7-14,18-19,23H,3-6,15-17,20-22,36H2,1-2H3,(H,37,43)(H,38,41). The van der Waals surface area contributed by atoms with Gasteiger partial charge in [0.15, 0.2) is 6.61 Å². The molecule has 0 unspecified atom stereocenters. The van der Waals surface area contributed by atoms with Gasteiger partial charge in [-0.3, -0.25) is 19.2 Å². The van der Waals surface area contributed by atoms with Gasteiger partial charge in [-0.05, 0) is 98.8 Å². The van der Waals surface area contributed by atoms with Crippen LogP contribution >= 0.6 is 0 Å². The Labute approximate surface area is 263 Å². The summed E-state index contributed by atoms with van der Waals surface area (Å²) in [5, 5.41) is 5.73. The van der Waals surface area contributed by atoms with E-state index in [4.69, 9.17) is 10.5 Å². The highest BCUT2D eigenvalue weighted by molar-refractivity contribution is 6.04. The van der Waals surface area contributed by atoms with Gasteiger partial charge in [0.05, 0.1) is 5.69 Å². The lowest BCUT2D eigenvalue weighted by atomic mass is 9.98. The van der Waals surface area contributed by atoms with Crippen molar-refractivity contribution < 1.29 is 23.9 Å². The van der Waals surface area contributed by atoms with Crippen LogP contribution in [0.25, 0.3) is 0 Å². The third-order valence-electron chi connectivity index (χ3n) is 8.24. The molecule has 0 saturated heterocycles. The number of nitrogens with two attached hydrogens (primary N) is 1. The number of ether oxygens (including phenoxy) is 1. The lowest BCUT2D eigenvalue weighted by Crippen LogP contribution is -2.36. The van der Waals surface area contributed by atoms with Crippen molar-refractivity contribution in [2.45, 2.75) is 65.1 Å². The van der Waals surface area contributed by atoms with Gasteiger partial charge in [-0.15, -0.1) is 0 Å². The predicted molar refractivity (Wildman–Crippen MR) is 173 cm³/mol. The van der Waals surface area contributed by atoms with Crippen LogP contribution in [0.15, 0.2) is 60.7 Å². The van der Waals surface area contributed by atoms with Gasteiger partial charge in [0.25, 0.3) is 17.7 Å². The molecule has 10 nitrogen and oxygen atoms in total. The maximum absolute atomic E-state index is 13.4. The third-order valence-corrected chi connectivity index (χ3v) is 8.24. The van der Waals surface area contributed by atoms with Crippen molar-refractivity contribution in [3.63, 3.8) is 0 Å². The summed E-state index contributed by atoms with van der Waals surface area (Å²) in [4.78, 5) is 54.4. The molecular weight excluding hydrogens is 570 g/mol. The van der Waals surface area contributed by atoms with Crippen molar-refractivity contribution >= 4 is 35.0 Å². The molecule has 2 aliphatic rings. The molecule has 5 rings (SSSR count). The number of rotatable bonds is 11. The predicted octanol–water partition coefficient (Wildman–Crippen LogP) is 4.72. The van der Waals surface area contributed by atoms with Crippen LogP contribution in [0, 0.1) is 0 Å². The first-order chi connectivity index (χ1) is 21.7. The summed E-state index contributed by atoms with van der Waals surface area (Å²) < 4.78 is 5.48. The zero-order chi connectivity index (χ0) is 31.9. The first-order valence-corrected chi connectivity index (χ1v) is 15.6. The minimum Gasteiger partial charge on any atom is -0.482 e. The maximum Gasteiger partial charge on any atom is 0.262 e. The number of anilines is 2. The zero-order valence-electron chi connectivity index (χ0n) is 25.9. The fourth-order valence-corrected chi connectivity index (χ4v) is 5.62. The van der Waals surface area contributed by atoms with E-state index in [1.807, 2.05) is 49.1 Å². The SMILES string of the molecule is CC(C)N(Cc1ccc(C(=O)Nc2ccc3c(c2)CCN(C(=O)CCCCCN)C3)cc1)C(=O)c1ccc2c(c1)OCC(=O)N2. The quantitative estimate of drug-likeness (QED) is 0.269. The second kappa shape index (κ2) is 14.4. The normalized spacial score (nSPS) is 13.8. The number of benzene rings is 3. The highest BCUT2D eigenvalue weighted by Gasteiger charge is 2.24. The Balaban J connectivity index is 1.17. The second-order valence-electron chi connectivity index (χ2n) is 11.9. The number of hydrogen-bond donors (Lipinski definition) is 3.